The van der Waals surface area contributed by atoms with Gasteiger partial charge < -0.3 is 15.3 Å². The third-order valence-electron chi connectivity index (χ3n) is 3.58. The lowest BCUT2D eigenvalue weighted by atomic mass is 9.87. The molecule has 3 N–H and O–H groups in total. The maximum Gasteiger partial charge on any atom is 0.323 e. The molecule has 1 aromatic heterocycles. The Bertz CT molecular complexity index is 578. The van der Waals surface area contributed by atoms with Crippen molar-refractivity contribution in [3.8, 4) is 11.3 Å². The van der Waals surface area contributed by atoms with Gasteiger partial charge in [0.15, 0.2) is 0 Å². The first-order chi connectivity index (χ1) is 8.84. The molecule has 0 aliphatic carbocycles. The van der Waals surface area contributed by atoms with Crippen molar-refractivity contribution >= 4 is 0 Å². The summed E-state index contributed by atoms with van der Waals surface area (Å²) in [6, 6.07) is 8.32. The van der Waals surface area contributed by atoms with Crippen LogP contribution in [0.5, 0.6) is 0 Å². The lowest BCUT2D eigenvalue weighted by Gasteiger charge is -2.24. The fourth-order valence-electron chi connectivity index (χ4n) is 2.69. The Labute approximate surface area is 105 Å². The fourth-order valence-corrected chi connectivity index (χ4v) is 2.69. The minimum Gasteiger partial charge on any atom is -0.316 e. The summed E-state index contributed by atoms with van der Waals surface area (Å²) in [5.74, 6) is 0.536. The number of rotatable bonds is 2. The maximum absolute atomic E-state index is 11.2. The molecular weight excluding hydrogens is 226 g/mol. The van der Waals surface area contributed by atoms with Crippen LogP contribution in [0, 0.1) is 0 Å². The van der Waals surface area contributed by atoms with Crippen LogP contribution in [0.2, 0.25) is 0 Å². The van der Waals surface area contributed by atoms with Gasteiger partial charge in [0, 0.05) is 18.3 Å². The molecule has 0 radical (unpaired) electrons. The highest BCUT2D eigenvalue weighted by Crippen LogP contribution is 2.31. The fraction of sp³-hybridized carbons (Fsp3) is 0.357. The quantitative estimate of drug-likeness (QED) is 0.753. The number of benzene rings is 1. The first kappa shape index (κ1) is 11.3. The highest BCUT2D eigenvalue weighted by Gasteiger charge is 2.18. The van der Waals surface area contributed by atoms with E-state index in [0.717, 1.165) is 24.3 Å². The molecule has 4 heteroatoms. The van der Waals surface area contributed by atoms with Crippen LogP contribution in [-0.4, -0.2) is 23.1 Å². The highest BCUT2D eigenvalue weighted by molar-refractivity contribution is 5.63. The molecule has 0 amide bonds. The zero-order valence-electron chi connectivity index (χ0n) is 10.2. The summed E-state index contributed by atoms with van der Waals surface area (Å²) in [5.41, 5.74) is 3.17. The van der Waals surface area contributed by atoms with Crippen LogP contribution in [0.1, 0.15) is 24.3 Å². The Hall–Kier alpha value is -1.81. The van der Waals surface area contributed by atoms with E-state index in [4.69, 9.17) is 0 Å². The molecule has 0 spiro atoms. The van der Waals surface area contributed by atoms with Gasteiger partial charge in [-0.3, -0.25) is 0 Å². The van der Waals surface area contributed by atoms with Crippen molar-refractivity contribution in [1.82, 2.24) is 15.3 Å². The summed E-state index contributed by atoms with van der Waals surface area (Å²) in [6.45, 7) is 2.13. The lowest BCUT2D eigenvalue weighted by molar-refractivity contribution is 0.462. The van der Waals surface area contributed by atoms with Gasteiger partial charge >= 0.3 is 5.69 Å². The number of piperidine rings is 1. The van der Waals surface area contributed by atoms with E-state index in [1.807, 2.05) is 6.07 Å². The lowest BCUT2D eigenvalue weighted by Crippen LogP contribution is -2.28. The molecule has 2 heterocycles. The summed E-state index contributed by atoms with van der Waals surface area (Å²) in [4.78, 5) is 16.7. The summed E-state index contributed by atoms with van der Waals surface area (Å²) in [5, 5.41) is 3.44. The first-order valence-corrected chi connectivity index (χ1v) is 6.42. The van der Waals surface area contributed by atoms with Crippen LogP contribution in [-0.2, 0) is 0 Å². The Kier molecular flexibility index (Phi) is 3.02. The maximum atomic E-state index is 11.2. The molecule has 4 nitrogen and oxygen atoms in total. The summed E-state index contributed by atoms with van der Waals surface area (Å²) in [7, 11) is 0. The van der Waals surface area contributed by atoms with Crippen molar-refractivity contribution in [2.24, 2.45) is 0 Å². The third kappa shape index (κ3) is 2.11. The second kappa shape index (κ2) is 4.82. The standard InChI is InChI=1S/C14H17N3O/c18-14-16-9-13(17-14)12-6-2-1-5-11(12)10-4-3-7-15-8-10/h1-2,5-6,9-10,15H,3-4,7-8H2,(H2,16,17,18). The normalized spacial score (nSPS) is 19.9. The molecule has 94 valence electrons. The monoisotopic (exact) mass is 243 g/mol. The molecule has 1 aliphatic heterocycles. The van der Waals surface area contributed by atoms with E-state index in [9.17, 15) is 4.79 Å². The minimum absolute atomic E-state index is 0.151. The second-order valence-corrected chi connectivity index (χ2v) is 4.79. The van der Waals surface area contributed by atoms with Gasteiger partial charge in [-0.2, -0.15) is 0 Å². The predicted octanol–water partition coefficient (Wildman–Crippen LogP) is 1.84. The molecule has 1 atom stereocenters. The molecule has 2 aromatic rings. The van der Waals surface area contributed by atoms with Crippen molar-refractivity contribution in [2.45, 2.75) is 18.8 Å². The SMILES string of the molecule is O=c1[nH]cc(-c2ccccc2C2CCCNC2)[nH]1. The number of nitrogens with one attached hydrogen (secondary N) is 3. The van der Waals surface area contributed by atoms with E-state index >= 15 is 0 Å². The van der Waals surface area contributed by atoms with Crippen molar-refractivity contribution in [3.63, 3.8) is 0 Å². The van der Waals surface area contributed by atoms with Gasteiger partial charge in [-0.1, -0.05) is 24.3 Å². The van der Waals surface area contributed by atoms with Crippen molar-refractivity contribution in [2.75, 3.05) is 13.1 Å². The molecule has 3 rings (SSSR count). The molecule has 0 saturated carbocycles. The molecule has 1 aliphatic rings. The van der Waals surface area contributed by atoms with Crippen LogP contribution in [0.3, 0.4) is 0 Å². The summed E-state index contributed by atoms with van der Waals surface area (Å²) < 4.78 is 0. The van der Waals surface area contributed by atoms with Gasteiger partial charge in [0.25, 0.3) is 0 Å². The average molecular weight is 243 g/mol. The van der Waals surface area contributed by atoms with E-state index in [-0.39, 0.29) is 5.69 Å². The van der Waals surface area contributed by atoms with Crippen LogP contribution in [0.4, 0.5) is 0 Å². The topological polar surface area (TPSA) is 60.7 Å². The largest absolute Gasteiger partial charge is 0.323 e. The number of hydrogen-bond donors (Lipinski definition) is 3. The van der Waals surface area contributed by atoms with Crippen LogP contribution in [0.15, 0.2) is 35.3 Å². The molecule has 0 bridgehead atoms. The minimum atomic E-state index is -0.151. The molecule has 1 fully saturated rings. The van der Waals surface area contributed by atoms with Gasteiger partial charge in [0.1, 0.15) is 0 Å². The number of imidazole rings is 1. The van der Waals surface area contributed by atoms with Crippen molar-refractivity contribution in [1.29, 1.82) is 0 Å². The zero-order valence-corrected chi connectivity index (χ0v) is 10.2. The Balaban J connectivity index is 2.01. The number of aromatic amines is 2. The third-order valence-corrected chi connectivity index (χ3v) is 3.58. The van der Waals surface area contributed by atoms with Crippen molar-refractivity contribution in [3.05, 3.63) is 46.5 Å². The van der Waals surface area contributed by atoms with E-state index in [1.54, 1.807) is 6.20 Å². The van der Waals surface area contributed by atoms with Gasteiger partial charge in [-0.05, 0) is 30.9 Å². The highest BCUT2D eigenvalue weighted by atomic mass is 16.1. The average Bonchev–Trinajstić information content (AvgIpc) is 2.86. The zero-order chi connectivity index (χ0) is 12.4. The smallest absolute Gasteiger partial charge is 0.316 e. The van der Waals surface area contributed by atoms with E-state index in [1.165, 1.54) is 18.4 Å². The van der Waals surface area contributed by atoms with E-state index in [0.29, 0.717) is 5.92 Å². The first-order valence-electron chi connectivity index (χ1n) is 6.42. The Morgan fingerprint density at radius 1 is 1.22 bits per heavy atom. The van der Waals surface area contributed by atoms with Crippen LogP contribution < -0.4 is 11.0 Å². The summed E-state index contributed by atoms with van der Waals surface area (Å²) >= 11 is 0. The molecule has 18 heavy (non-hydrogen) atoms. The number of aromatic nitrogens is 2. The molecule has 1 unspecified atom stereocenters. The summed E-state index contributed by atoms with van der Waals surface area (Å²) in [6.07, 6.45) is 4.17. The second-order valence-electron chi connectivity index (χ2n) is 4.79. The van der Waals surface area contributed by atoms with Gasteiger partial charge in [-0.25, -0.2) is 4.79 Å². The Morgan fingerprint density at radius 3 is 2.83 bits per heavy atom. The van der Waals surface area contributed by atoms with Crippen LogP contribution in [0.25, 0.3) is 11.3 Å². The van der Waals surface area contributed by atoms with E-state index < -0.39 is 0 Å². The van der Waals surface area contributed by atoms with Crippen molar-refractivity contribution < 1.29 is 0 Å². The number of H-pyrrole nitrogens is 2. The molecule has 1 aromatic carbocycles. The number of hydrogen-bond acceptors (Lipinski definition) is 2. The van der Waals surface area contributed by atoms with E-state index in [2.05, 4.69) is 33.5 Å². The van der Waals surface area contributed by atoms with Gasteiger partial charge in [-0.15, -0.1) is 0 Å². The molecular formula is C14H17N3O. The van der Waals surface area contributed by atoms with Gasteiger partial charge in [0.2, 0.25) is 0 Å². The van der Waals surface area contributed by atoms with Crippen LogP contribution >= 0.6 is 0 Å². The Morgan fingerprint density at radius 2 is 2.11 bits per heavy atom. The predicted molar refractivity (Wildman–Crippen MR) is 71.7 cm³/mol. The molecule has 1 saturated heterocycles. The van der Waals surface area contributed by atoms with Gasteiger partial charge in [0.05, 0.1) is 5.69 Å².